The Morgan fingerprint density at radius 2 is 2.07 bits per heavy atom. The summed E-state index contributed by atoms with van der Waals surface area (Å²) in [6.45, 7) is 0. The fourth-order valence-electron chi connectivity index (χ4n) is 1.80. The molecule has 0 spiro atoms. The zero-order valence-corrected chi connectivity index (χ0v) is 8.59. The van der Waals surface area contributed by atoms with Gasteiger partial charge in [-0.15, -0.1) is 0 Å². The molecule has 0 bridgehead atoms. The van der Waals surface area contributed by atoms with Crippen molar-refractivity contribution in [1.29, 1.82) is 0 Å². The van der Waals surface area contributed by atoms with Gasteiger partial charge in [0, 0.05) is 0 Å². The van der Waals surface area contributed by atoms with E-state index in [9.17, 15) is 4.21 Å². The molecule has 0 radical (unpaired) electrons. The lowest BCUT2D eigenvalue weighted by molar-refractivity contribution is 0.564. The van der Waals surface area contributed by atoms with Crippen molar-refractivity contribution in [2.75, 3.05) is 0 Å². The Kier molecular flexibility index (Phi) is 2.79. The van der Waals surface area contributed by atoms with Crippen molar-refractivity contribution in [2.24, 2.45) is 0 Å². The first-order chi connectivity index (χ1) is 6.79. The second-order valence-electron chi connectivity index (χ2n) is 3.37. The highest BCUT2D eigenvalue weighted by atomic mass is 32.2. The normalized spacial score (nSPS) is 17.9. The number of rotatable bonds is 2. The van der Waals surface area contributed by atoms with E-state index in [2.05, 4.69) is 6.08 Å². The molecule has 1 N–H and O–H groups in total. The molecule has 0 fully saturated rings. The van der Waals surface area contributed by atoms with Crippen LogP contribution in [0.5, 0.6) is 0 Å². The Labute approximate surface area is 85.9 Å². The molecule has 0 saturated heterocycles. The molecule has 3 heteroatoms. The smallest absolute Gasteiger partial charge is 0.187 e. The van der Waals surface area contributed by atoms with Crippen molar-refractivity contribution in [3.05, 3.63) is 35.9 Å². The minimum Gasteiger partial charge on any atom is -0.302 e. The lowest BCUT2D eigenvalue weighted by Crippen LogP contribution is -1.94. The highest BCUT2D eigenvalue weighted by molar-refractivity contribution is 7.79. The Morgan fingerprint density at radius 3 is 2.71 bits per heavy atom. The molecule has 1 aromatic rings. The van der Waals surface area contributed by atoms with Crippen LogP contribution in [0.4, 0.5) is 0 Å². The maximum atomic E-state index is 11.1. The molecular formula is C11H12O2S. The monoisotopic (exact) mass is 208 g/mol. The van der Waals surface area contributed by atoms with E-state index in [4.69, 9.17) is 4.55 Å². The zero-order valence-electron chi connectivity index (χ0n) is 7.77. The molecule has 1 aliphatic carbocycles. The van der Waals surface area contributed by atoms with Gasteiger partial charge in [0.2, 0.25) is 0 Å². The molecule has 2 rings (SSSR count). The summed E-state index contributed by atoms with van der Waals surface area (Å²) in [4.78, 5) is 0.528. The van der Waals surface area contributed by atoms with Gasteiger partial charge in [0.15, 0.2) is 11.1 Å². The van der Waals surface area contributed by atoms with Gasteiger partial charge in [-0.3, -0.25) is 0 Å². The molecule has 0 amide bonds. The summed E-state index contributed by atoms with van der Waals surface area (Å²) >= 11 is -1.88. The highest BCUT2D eigenvalue weighted by Gasteiger charge is 2.13. The first-order valence-corrected chi connectivity index (χ1v) is 5.79. The minimum absolute atomic E-state index is 0.528. The van der Waals surface area contributed by atoms with Crippen molar-refractivity contribution in [2.45, 2.75) is 24.2 Å². The van der Waals surface area contributed by atoms with Gasteiger partial charge in [-0.2, -0.15) is 0 Å². The molecular weight excluding hydrogens is 196 g/mol. The van der Waals surface area contributed by atoms with Gasteiger partial charge in [0.25, 0.3) is 0 Å². The first-order valence-electron chi connectivity index (χ1n) is 4.68. The van der Waals surface area contributed by atoms with Crippen LogP contribution in [0.25, 0.3) is 5.57 Å². The van der Waals surface area contributed by atoms with Crippen molar-refractivity contribution < 1.29 is 8.76 Å². The van der Waals surface area contributed by atoms with Gasteiger partial charge < -0.3 is 4.55 Å². The molecule has 0 saturated carbocycles. The lowest BCUT2D eigenvalue weighted by Gasteiger charge is -2.06. The van der Waals surface area contributed by atoms with Crippen LogP contribution in [-0.4, -0.2) is 8.76 Å². The predicted molar refractivity (Wildman–Crippen MR) is 57.3 cm³/mol. The topological polar surface area (TPSA) is 37.3 Å². The van der Waals surface area contributed by atoms with Crippen LogP contribution >= 0.6 is 0 Å². The van der Waals surface area contributed by atoms with Gasteiger partial charge in [-0.1, -0.05) is 24.3 Å². The van der Waals surface area contributed by atoms with Crippen LogP contribution in [0.3, 0.4) is 0 Å². The summed E-state index contributed by atoms with van der Waals surface area (Å²) in [7, 11) is 0. The van der Waals surface area contributed by atoms with E-state index in [1.54, 1.807) is 12.1 Å². The fourth-order valence-corrected chi connectivity index (χ4v) is 2.38. The molecule has 1 atom stereocenters. The van der Waals surface area contributed by atoms with E-state index in [1.807, 2.05) is 12.1 Å². The Morgan fingerprint density at radius 1 is 1.29 bits per heavy atom. The third-order valence-electron chi connectivity index (χ3n) is 2.46. The summed E-state index contributed by atoms with van der Waals surface area (Å²) in [5, 5.41) is 0. The molecule has 14 heavy (non-hydrogen) atoms. The van der Waals surface area contributed by atoms with Gasteiger partial charge >= 0.3 is 0 Å². The number of allylic oxidation sites excluding steroid dienone is 2. The van der Waals surface area contributed by atoms with Gasteiger partial charge in [0.1, 0.15) is 0 Å². The summed E-state index contributed by atoms with van der Waals surface area (Å²) in [6.07, 6.45) is 5.42. The average molecular weight is 208 g/mol. The fraction of sp³-hybridized carbons (Fsp3) is 0.273. The standard InChI is InChI=1S/C11H12O2S/c12-14(13)11-8-4-3-7-10(11)9-5-1-2-6-9/h3-5,7-8H,1-2,6H2,(H,12,13). The highest BCUT2D eigenvalue weighted by Crippen LogP contribution is 2.30. The average Bonchev–Trinajstić information content (AvgIpc) is 2.70. The predicted octanol–water partition coefficient (Wildman–Crippen LogP) is 2.83. The van der Waals surface area contributed by atoms with Gasteiger partial charge in [-0.05, 0) is 36.5 Å². The van der Waals surface area contributed by atoms with E-state index >= 15 is 0 Å². The second-order valence-corrected chi connectivity index (χ2v) is 4.31. The molecule has 1 unspecified atom stereocenters. The molecule has 1 aromatic carbocycles. The number of hydrogen-bond donors (Lipinski definition) is 1. The maximum Gasteiger partial charge on any atom is 0.187 e. The minimum atomic E-state index is -1.88. The van der Waals surface area contributed by atoms with Crippen LogP contribution in [0, 0.1) is 0 Å². The van der Waals surface area contributed by atoms with E-state index in [-0.39, 0.29) is 0 Å². The summed E-state index contributed by atoms with van der Waals surface area (Å²) in [5.74, 6) is 0. The third kappa shape index (κ3) is 1.79. The van der Waals surface area contributed by atoms with Crippen molar-refractivity contribution in [3.8, 4) is 0 Å². The number of hydrogen-bond acceptors (Lipinski definition) is 1. The SMILES string of the molecule is O=S(O)c1ccccc1C1=CCCC1. The van der Waals surface area contributed by atoms with E-state index in [0.717, 1.165) is 24.8 Å². The van der Waals surface area contributed by atoms with Crippen LogP contribution < -0.4 is 0 Å². The first kappa shape index (κ1) is 9.62. The van der Waals surface area contributed by atoms with Crippen LogP contribution in [0.1, 0.15) is 24.8 Å². The summed E-state index contributed by atoms with van der Waals surface area (Å²) in [5.41, 5.74) is 2.15. The molecule has 0 aliphatic heterocycles. The zero-order chi connectivity index (χ0) is 9.97. The van der Waals surface area contributed by atoms with Crippen LogP contribution in [0.15, 0.2) is 35.2 Å². The molecule has 0 heterocycles. The number of benzene rings is 1. The van der Waals surface area contributed by atoms with Gasteiger partial charge in [0.05, 0.1) is 4.90 Å². The summed E-state index contributed by atoms with van der Waals surface area (Å²) in [6, 6.07) is 7.33. The van der Waals surface area contributed by atoms with E-state index < -0.39 is 11.1 Å². The van der Waals surface area contributed by atoms with Crippen LogP contribution in [0.2, 0.25) is 0 Å². The third-order valence-corrected chi connectivity index (χ3v) is 3.19. The molecule has 0 aromatic heterocycles. The Hall–Kier alpha value is -0.930. The lowest BCUT2D eigenvalue weighted by atomic mass is 10.1. The Balaban J connectivity index is 2.46. The van der Waals surface area contributed by atoms with Crippen LogP contribution in [-0.2, 0) is 11.1 Å². The van der Waals surface area contributed by atoms with E-state index in [1.165, 1.54) is 5.57 Å². The van der Waals surface area contributed by atoms with E-state index in [0.29, 0.717) is 4.90 Å². The van der Waals surface area contributed by atoms with Crippen molar-refractivity contribution in [1.82, 2.24) is 0 Å². The Bertz CT molecular complexity index is 396. The van der Waals surface area contributed by atoms with Crippen molar-refractivity contribution >= 4 is 16.7 Å². The summed E-state index contributed by atoms with van der Waals surface area (Å²) < 4.78 is 20.2. The largest absolute Gasteiger partial charge is 0.302 e. The molecule has 74 valence electrons. The molecule has 2 nitrogen and oxygen atoms in total. The van der Waals surface area contributed by atoms with Crippen molar-refractivity contribution in [3.63, 3.8) is 0 Å². The second kappa shape index (κ2) is 4.07. The molecule has 1 aliphatic rings. The van der Waals surface area contributed by atoms with Gasteiger partial charge in [-0.25, -0.2) is 4.21 Å². The quantitative estimate of drug-likeness (QED) is 0.759. The maximum absolute atomic E-state index is 11.1.